The first-order valence-corrected chi connectivity index (χ1v) is 9.29. The molecule has 0 saturated heterocycles. The summed E-state index contributed by atoms with van der Waals surface area (Å²) in [5.41, 5.74) is 1.21. The van der Waals surface area contributed by atoms with Crippen LogP contribution in [0.5, 0.6) is 0 Å². The summed E-state index contributed by atoms with van der Waals surface area (Å²) in [6.07, 6.45) is 0.370. The maximum Gasteiger partial charge on any atom is 0.0879 e. The molecule has 0 fully saturated rings. The lowest BCUT2D eigenvalue weighted by Crippen LogP contribution is -1.89. The van der Waals surface area contributed by atoms with Gasteiger partial charge in [0.25, 0.3) is 0 Å². The molecule has 3 heterocycles. The molecule has 0 aliphatic rings. The van der Waals surface area contributed by atoms with Crippen LogP contribution in [-0.4, -0.2) is 10.2 Å². The minimum absolute atomic E-state index is 0.0945. The number of aliphatic hydroxyl groups excluding tert-OH is 2. The van der Waals surface area contributed by atoms with Crippen LogP contribution in [0.25, 0.3) is 20.2 Å². The molecule has 3 rings (SSSR count). The molecule has 110 valence electrons. The van der Waals surface area contributed by atoms with Crippen molar-refractivity contribution >= 4 is 34.0 Å². The predicted molar refractivity (Wildman–Crippen MR) is 92.1 cm³/mol. The van der Waals surface area contributed by atoms with E-state index in [0.29, 0.717) is 0 Å². The lowest BCUT2D eigenvalue weighted by molar-refractivity contribution is 0.177. The third-order valence-corrected chi connectivity index (χ3v) is 6.70. The van der Waals surface area contributed by atoms with E-state index in [4.69, 9.17) is 0 Å². The Morgan fingerprint density at radius 3 is 2.57 bits per heavy atom. The van der Waals surface area contributed by atoms with E-state index in [2.05, 4.69) is 23.6 Å². The quantitative estimate of drug-likeness (QED) is 0.677. The fourth-order valence-corrected chi connectivity index (χ4v) is 5.25. The van der Waals surface area contributed by atoms with Crippen molar-refractivity contribution in [3.63, 3.8) is 0 Å². The van der Waals surface area contributed by atoms with Crippen molar-refractivity contribution in [3.05, 3.63) is 45.5 Å². The van der Waals surface area contributed by atoms with Gasteiger partial charge in [-0.2, -0.15) is 0 Å². The summed E-state index contributed by atoms with van der Waals surface area (Å²) in [4.78, 5) is 5.62. The second-order valence-electron chi connectivity index (χ2n) is 4.71. The number of hydrogen-bond acceptors (Lipinski definition) is 5. The van der Waals surface area contributed by atoms with Crippen molar-refractivity contribution in [2.45, 2.75) is 26.1 Å². The second-order valence-corrected chi connectivity index (χ2v) is 7.91. The Bertz CT molecular complexity index is 723. The fourth-order valence-electron chi connectivity index (χ4n) is 2.16. The summed E-state index contributed by atoms with van der Waals surface area (Å²) in [7, 11) is 0. The van der Waals surface area contributed by atoms with Gasteiger partial charge >= 0.3 is 0 Å². The van der Waals surface area contributed by atoms with E-state index in [9.17, 15) is 10.2 Å². The van der Waals surface area contributed by atoms with Gasteiger partial charge in [-0.1, -0.05) is 6.92 Å². The van der Waals surface area contributed by atoms with Crippen molar-refractivity contribution in [2.24, 2.45) is 0 Å². The normalized spacial score (nSPS) is 12.7. The van der Waals surface area contributed by atoms with Crippen molar-refractivity contribution in [1.82, 2.24) is 0 Å². The smallest absolute Gasteiger partial charge is 0.0879 e. The SMILES string of the molecule is CCC(O)c1ccc(-c2ccsc2-c2ccc(CO)s2)s1. The van der Waals surface area contributed by atoms with Crippen LogP contribution in [0.1, 0.15) is 29.2 Å². The summed E-state index contributed by atoms with van der Waals surface area (Å²) in [5.74, 6) is 0. The average molecular weight is 337 g/mol. The van der Waals surface area contributed by atoms with Crippen LogP contribution in [-0.2, 0) is 6.61 Å². The highest BCUT2D eigenvalue weighted by atomic mass is 32.1. The van der Waals surface area contributed by atoms with Gasteiger partial charge in [-0.15, -0.1) is 34.0 Å². The first kappa shape index (κ1) is 14.9. The molecule has 3 aromatic rings. The average Bonchev–Trinajstić information content (AvgIpc) is 3.22. The van der Waals surface area contributed by atoms with Crippen LogP contribution in [0, 0.1) is 0 Å². The van der Waals surface area contributed by atoms with Crippen molar-refractivity contribution in [2.75, 3.05) is 0 Å². The zero-order valence-corrected chi connectivity index (χ0v) is 14.0. The van der Waals surface area contributed by atoms with Crippen LogP contribution in [0.15, 0.2) is 35.7 Å². The van der Waals surface area contributed by atoms with Gasteiger partial charge in [0.15, 0.2) is 0 Å². The minimum Gasteiger partial charge on any atom is -0.391 e. The van der Waals surface area contributed by atoms with Gasteiger partial charge in [0.2, 0.25) is 0 Å². The zero-order chi connectivity index (χ0) is 14.8. The molecule has 5 heteroatoms. The number of aliphatic hydroxyl groups is 2. The fraction of sp³-hybridized carbons (Fsp3) is 0.250. The molecule has 3 aromatic heterocycles. The van der Waals surface area contributed by atoms with Gasteiger partial charge in [-0.3, -0.25) is 0 Å². The van der Waals surface area contributed by atoms with E-state index in [1.807, 2.05) is 19.1 Å². The first-order valence-electron chi connectivity index (χ1n) is 6.78. The Labute approximate surface area is 136 Å². The summed E-state index contributed by atoms with van der Waals surface area (Å²) in [5, 5.41) is 21.3. The molecule has 0 aromatic carbocycles. The summed E-state index contributed by atoms with van der Waals surface area (Å²) >= 11 is 5.01. The molecule has 2 N–H and O–H groups in total. The van der Waals surface area contributed by atoms with E-state index in [0.717, 1.165) is 16.2 Å². The van der Waals surface area contributed by atoms with Crippen molar-refractivity contribution < 1.29 is 10.2 Å². The lowest BCUT2D eigenvalue weighted by atomic mass is 10.2. The monoisotopic (exact) mass is 336 g/mol. The summed E-state index contributed by atoms with van der Waals surface area (Å²) in [6, 6.07) is 10.3. The largest absolute Gasteiger partial charge is 0.391 e. The molecule has 0 saturated carbocycles. The van der Waals surface area contributed by atoms with Crippen LogP contribution < -0.4 is 0 Å². The molecule has 0 aliphatic heterocycles. The molecule has 2 nitrogen and oxygen atoms in total. The maximum absolute atomic E-state index is 9.95. The number of thiophene rings is 3. The maximum atomic E-state index is 9.95. The van der Waals surface area contributed by atoms with Crippen LogP contribution in [0.3, 0.4) is 0 Å². The third kappa shape index (κ3) is 2.98. The molecule has 0 radical (unpaired) electrons. The van der Waals surface area contributed by atoms with Gasteiger partial charge in [0.1, 0.15) is 0 Å². The third-order valence-electron chi connectivity index (χ3n) is 3.31. The molecule has 0 aliphatic carbocycles. The highest BCUT2D eigenvalue weighted by molar-refractivity contribution is 7.22. The highest BCUT2D eigenvalue weighted by Gasteiger charge is 2.15. The Kier molecular flexibility index (Phi) is 4.57. The molecular weight excluding hydrogens is 320 g/mol. The molecule has 21 heavy (non-hydrogen) atoms. The Morgan fingerprint density at radius 1 is 1.05 bits per heavy atom. The second kappa shape index (κ2) is 6.42. The molecule has 0 spiro atoms. The summed E-state index contributed by atoms with van der Waals surface area (Å²) < 4.78 is 0. The van der Waals surface area contributed by atoms with E-state index in [-0.39, 0.29) is 12.7 Å². The molecule has 1 unspecified atom stereocenters. The van der Waals surface area contributed by atoms with Gasteiger partial charge < -0.3 is 10.2 Å². The first-order chi connectivity index (χ1) is 10.2. The highest BCUT2D eigenvalue weighted by Crippen LogP contribution is 2.43. The summed E-state index contributed by atoms with van der Waals surface area (Å²) in [6.45, 7) is 2.08. The minimum atomic E-state index is -0.367. The van der Waals surface area contributed by atoms with Gasteiger partial charge in [0, 0.05) is 25.1 Å². The standard InChI is InChI=1S/C16H16O2S3/c1-2-12(18)14-6-5-13(21-14)11-7-8-19-16(11)15-4-3-10(9-17)20-15/h3-8,12,17-18H,2,9H2,1H3. The molecule has 1 atom stereocenters. The van der Waals surface area contributed by atoms with Crippen molar-refractivity contribution in [3.8, 4) is 20.2 Å². The Hall–Kier alpha value is -0.980. The van der Waals surface area contributed by atoms with E-state index >= 15 is 0 Å². The molecule has 0 amide bonds. The van der Waals surface area contributed by atoms with Gasteiger partial charge in [-0.05, 0) is 42.1 Å². The Balaban J connectivity index is 1.97. The van der Waals surface area contributed by atoms with E-state index in [1.54, 1.807) is 34.0 Å². The van der Waals surface area contributed by atoms with Gasteiger partial charge in [0.05, 0.1) is 17.6 Å². The van der Waals surface area contributed by atoms with Gasteiger partial charge in [-0.25, -0.2) is 0 Å². The van der Waals surface area contributed by atoms with Crippen molar-refractivity contribution in [1.29, 1.82) is 0 Å². The Morgan fingerprint density at radius 2 is 1.86 bits per heavy atom. The lowest BCUT2D eigenvalue weighted by Gasteiger charge is -2.03. The number of hydrogen-bond donors (Lipinski definition) is 2. The zero-order valence-electron chi connectivity index (χ0n) is 11.6. The molecule has 0 bridgehead atoms. The predicted octanol–water partition coefficient (Wildman–Crippen LogP) is 5.14. The molecular formula is C16H16O2S3. The number of rotatable bonds is 5. The topological polar surface area (TPSA) is 40.5 Å². The van der Waals surface area contributed by atoms with Crippen LogP contribution in [0.4, 0.5) is 0 Å². The van der Waals surface area contributed by atoms with E-state index < -0.39 is 0 Å². The van der Waals surface area contributed by atoms with Crippen LogP contribution in [0.2, 0.25) is 0 Å². The van der Waals surface area contributed by atoms with E-state index in [1.165, 1.54) is 20.2 Å². The van der Waals surface area contributed by atoms with Crippen LogP contribution >= 0.6 is 34.0 Å².